The molecule has 0 unspecified atom stereocenters. The Morgan fingerprint density at radius 2 is 1.68 bits per heavy atom. The summed E-state index contributed by atoms with van der Waals surface area (Å²) >= 11 is 12.0. The molecule has 0 aliphatic heterocycles. The van der Waals surface area contributed by atoms with Crippen LogP contribution in [0.2, 0.25) is 10.0 Å². The van der Waals surface area contributed by atoms with Crippen LogP contribution in [-0.4, -0.2) is 33.4 Å². The Morgan fingerprint density at radius 3 is 2.29 bits per heavy atom. The molecule has 1 N–H and O–H groups in total. The number of carbonyl (C=O) groups is 2. The van der Waals surface area contributed by atoms with Crippen LogP contribution in [0.25, 0.3) is 0 Å². The molecule has 7 nitrogen and oxygen atoms in total. The van der Waals surface area contributed by atoms with Gasteiger partial charge in [0, 0.05) is 15.7 Å². The highest BCUT2D eigenvalue weighted by atomic mass is 35.5. The highest BCUT2D eigenvalue weighted by molar-refractivity contribution is 7.92. The number of aryl methyl sites for hydroxylation is 1. The Balaban J connectivity index is 1.89. The van der Waals surface area contributed by atoms with Gasteiger partial charge in [-0.1, -0.05) is 29.3 Å². The van der Waals surface area contributed by atoms with Gasteiger partial charge in [-0.15, -0.1) is 0 Å². The topological polar surface area (TPSA) is 92.8 Å². The molecule has 0 aromatic heterocycles. The fourth-order valence-electron chi connectivity index (χ4n) is 3.15. The third kappa shape index (κ3) is 6.08. The zero-order valence-corrected chi connectivity index (χ0v) is 20.7. The summed E-state index contributed by atoms with van der Waals surface area (Å²) in [5, 5.41) is 3.41. The number of carbonyl (C=O) groups excluding carboxylic acids is 2. The van der Waals surface area contributed by atoms with Gasteiger partial charge in [-0.2, -0.15) is 0 Å². The molecule has 3 aromatic carbocycles. The van der Waals surface area contributed by atoms with Crippen LogP contribution in [-0.2, 0) is 19.6 Å². The van der Waals surface area contributed by atoms with Crippen molar-refractivity contribution in [2.24, 2.45) is 0 Å². The number of anilines is 2. The fourth-order valence-corrected chi connectivity index (χ4v) is 4.87. The molecule has 3 aromatic rings. The molecule has 0 spiro atoms. The van der Waals surface area contributed by atoms with Crippen molar-refractivity contribution in [1.29, 1.82) is 0 Å². The van der Waals surface area contributed by atoms with E-state index in [-0.39, 0.29) is 17.2 Å². The van der Waals surface area contributed by atoms with Crippen molar-refractivity contribution in [3.05, 3.63) is 87.9 Å². The van der Waals surface area contributed by atoms with Crippen molar-refractivity contribution >= 4 is 56.5 Å². The van der Waals surface area contributed by atoms with Gasteiger partial charge >= 0.3 is 5.97 Å². The summed E-state index contributed by atoms with van der Waals surface area (Å²) in [6.07, 6.45) is 0. The monoisotopic (exact) mass is 520 g/mol. The summed E-state index contributed by atoms with van der Waals surface area (Å²) in [7, 11) is -4.12. The predicted molar refractivity (Wildman–Crippen MR) is 133 cm³/mol. The van der Waals surface area contributed by atoms with Crippen LogP contribution < -0.4 is 9.62 Å². The van der Waals surface area contributed by atoms with Crippen LogP contribution in [0.3, 0.4) is 0 Å². The normalized spacial score (nSPS) is 11.1. The minimum atomic E-state index is -4.12. The number of rotatable bonds is 8. The quantitative estimate of drug-likeness (QED) is 0.406. The summed E-state index contributed by atoms with van der Waals surface area (Å²) in [6.45, 7) is 3.17. The standard InChI is InChI=1S/C24H22Cl2N2O5S/c1-3-33-24(30)17-7-12-22(16(2)13-17)27-23(29)15-28(20-6-4-5-19(26)14-20)34(31,32)21-10-8-18(25)9-11-21/h4-14H,3,15H2,1-2H3,(H,27,29). The molecule has 34 heavy (non-hydrogen) atoms. The lowest BCUT2D eigenvalue weighted by atomic mass is 10.1. The van der Waals surface area contributed by atoms with E-state index in [1.807, 2.05) is 0 Å². The molecule has 0 radical (unpaired) electrons. The summed E-state index contributed by atoms with van der Waals surface area (Å²) in [6, 6.07) is 16.5. The Kier molecular flexibility index (Phi) is 8.19. The number of halogens is 2. The van der Waals surface area contributed by atoms with Gasteiger partial charge in [0.1, 0.15) is 6.54 Å². The van der Waals surface area contributed by atoms with Crippen molar-refractivity contribution in [1.82, 2.24) is 0 Å². The van der Waals surface area contributed by atoms with Gasteiger partial charge in [-0.3, -0.25) is 9.10 Å². The maximum atomic E-state index is 13.4. The van der Waals surface area contributed by atoms with Gasteiger partial charge in [0.15, 0.2) is 0 Å². The first-order chi connectivity index (χ1) is 16.1. The van der Waals surface area contributed by atoms with Gasteiger partial charge in [0.25, 0.3) is 10.0 Å². The number of ether oxygens (including phenoxy) is 1. The third-order valence-electron chi connectivity index (χ3n) is 4.80. The lowest BCUT2D eigenvalue weighted by Gasteiger charge is -2.24. The SMILES string of the molecule is CCOC(=O)c1ccc(NC(=O)CN(c2cccc(Cl)c2)S(=O)(=O)c2ccc(Cl)cc2)c(C)c1. The van der Waals surface area contributed by atoms with E-state index < -0.39 is 28.4 Å². The van der Waals surface area contributed by atoms with Crippen LogP contribution >= 0.6 is 23.2 Å². The van der Waals surface area contributed by atoms with Crippen LogP contribution in [0.1, 0.15) is 22.8 Å². The van der Waals surface area contributed by atoms with E-state index in [1.54, 1.807) is 44.2 Å². The molecule has 1 amide bonds. The zero-order valence-electron chi connectivity index (χ0n) is 18.4. The first-order valence-corrected chi connectivity index (χ1v) is 12.4. The van der Waals surface area contributed by atoms with E-state index >= 15 is 0 Å². The van der Waals surface area contributed by atoms with Crippen molar-refractivity contribution < 1.29 is 22.7 Å². The van der Waals surface area contributed by atoms with Crippen LogP contribution in [0, 0.1) is 6.92 Å². The van der Waals surface area contributed by atoms with E-state index in [9.17, 15) is 18.0 Å². The van der Waals surface area contributed by atoms with E-state index in [0.29, 0.717) is 26.9 Å². The van der Waals surface area contributed by atoms with E-state index in [2.05, 4.69) is 5.32 Å². The first kappa shape index (κ1) is 25.6. The molecule has 0 saturated heterocycles. The Hall–Kier alpha value is -3.07. The second kappa shape index (κ2) is 10.9. The second-order valence-corrected chi connectivity index (χ2v) is 9.98. The van der Waals surface area contributed by atoms with Gasteiger partial charge in [0.2, 0.25) is 5.91 Å². The number of amides is 1. The molecule has 0 bridgehead atoms. The lowest BCUT2D eigenvalue weighted by molar-refractivity contribution is -0.114. The molecular formula is C24H22Cl2N2O5S. The summed E-state index contributed by atoms with van der Waals surface area (Å²) in [5.74, 6) is -1.05. The molecule has 0 atom stereocenters. The van der Waals surface area contributed by atoms with Gasteiger partial charge in [-0.25, -0.2) is 13.2 Å². The zero-order chi connectivity index (χ0) is 24.9. The van der Waals surface area contributed by atoms with Crippen LogP contribution in [0.5, 0.6) is 0 Å². The van der Waals surface area contributed by atoms with E-state index in [4.69, 9.17) is 27.9 Å². The van der Waals surface area contributed by atoms with Crippen molar-refractivity contribution in [2.45, 2.75) is 18.7 Å². The number of hydrogen-bond donors (Lipinski definition) is 1. The molecule has 0 saturated carbocycles. The number of sulfonamides is 1. The third-order valence-corrected chi connectivity index (χ3v) is 7.07. The number of benzene rings is 3. The molecule has 0 fully saturated rings. The van der Waals surface area contributed by atoms with Crippen LogP contribution in [0.4, 0.5) is 11.4 Å². The van der Waals surface area contributed by atoms with Crippen molar-refractivity contribution in [3.8, 4) is 0 Å². The maximum Gasteiger partial charge on any atom is 0.338 e. The van der Waals surface area contributed by atoms with Gasteiger partial charge in [0.05, 0.1) is 22.8 Å². The van der Waals surface area contributed by atoms with Gasteiger partial charge in [-0.05, 0) is 80.1 Å². The summed E-state index contributed by atoms with van der Waals surface area (Å²) in [5.41, 5.74) is 1.64. The minimum Gasteiger partial charge on any atom is -0.462 e. The van der Waals surface area contributed by atoms with Crippen molar-refractivity contribution in [3.63, 3.8) is 0 Å². The molecule has 10 heteroatoms. The van der Waals surface area contributed by atoms with E-state index in [1.165, 1.54) is 36.4 Å². The summed E-state index contributed by atoms with van der Waals surface area (Å²) < 4.78 is 32.8. The largest absolute Gasteiger partial charge is 0.462 e. The lowest BCUT2D eigenvalue weighted by Crippen LogP contribution is -2.38. The second-order valence-electron chi connectivity index (χ2n) is 7.24. The minimum absolute atomic E-state index is 0.0281. The number of hydrogen-bond acceptors (Lipinski definition) is 5. The molecular weight excluding hydrogens is 499 g/mol. The van der Waals surface area contributed by atoms with Crippen LogP contribution in [0.15, 0.2) is 71.6 Å². The van der Waals surface area contributed by atoms with Crippen molar-refractivity contribution in [2.75, 3.05) is 22.8 Å². The Bertz CT molecular complexity index is 1310. The number of esters is 1. The fraction of sp³-hybridized carbons (Fsp3) is 0.167. The number of nitrogens with one attached hydrogen (secondary N) is 1. The molecule has 0 aliphatic rings. The molecule has 3 rings (SSSR count). The first-order valence-electron chi connectivity index (χ1n) is 10.2. The smallest absolute Gasteiger partial charge is 0.338 e. The molecule has 0 aliphatic carbocycles. The predicted octanol–water partition coefficient (Wildman–Crippen LogP) is 5.31. The maximum absolute atomic E-state index is 13.4. The molecule has 0 heterocycles. The highest BCUT2D eigenvalue weighted by Gasteiger charge is 2.27. The molecule has 178 valence electrons. The average molecular weight is 521 g/mol. The number of nitrogens with zero attached hydrogens (tertiary/aromatic N) is 1. The average Bonchev–Trinajstić information content (AvgIpc) is 2.79. The highest BCUT2D eigenvalue weighted by Crippen LogP contribution is 2.27. The Labute approximate surface area is 208 Å². The Morgan fingerprint density at radius 1 is 0.971 bits per heavy atom. The van der Waals surface area contributed by atoms with Gasteiger partial charge < -0.3 is 10.1 Å². The summed E-state index contributed by atoms with van der Waals surface area (Å²) in [4.78, 5) is 24.8. The van der Waals surface area contributed by atoms with E-state index in [0.717, 1.165) is 4.31 Å².